The van der Waals surface area contributed by atoms with E-state index >= 15 is 0 Å². The Morgan fingerprint density at radius 1 is 1.05 bits per heavy atom. The Balaban J connectivity index is -0.000000579. The summed E-state index contributed by atoms with van der Waals surface area (Å²) in [6, 6.07) is 0. The zero-order valence-corrected chi connectivity index (χ0v) is 14.2. The molecule has 0 saturated carbocycles. The van der Waals surface area contributed by atoms with Gasteiger partial charge in [0.1, 0.15) is 0 Å². The van der Waals surface area contributed by atoms with E-state index < -0.39 is 0 Å². The monoisotopic (exact) mass is 268 g/mol. The quantitative estimate of drug-likeness (QED) is 0.351. The van der Waals surface area contributed by atoms with Gasteiger partial charge in [-0.3, -0.25) is 0 Å². The molecule has 0 radical (unpaired) electrons. The van der Waals surface area contributed by atoms with Crippen LogP contribution in [0.5, 0.6) is 0 Å². The summed E-state index contributed by atoms with van der Waals surface area (Å²) in [5, 5.41) is 0. The molecule has 0 N–H and O–H groups in total. The normalized spacial score (nSPS) is 10.3. The lowest BCUT2D eigenvalue weighted by molar-refractivity contribution is 0.131. The average molecular weight is 268 g/mol. The molecule has 0 aromatic heterocycles. The first-order valence-electron chi connectivity index (χ1n) is 7.87. The van der Waals surface area contributed by atoms with E-state index in [2.05, 4.69) is 32.6 Å². The maximum absolute atomic E-state index is 5.43. The predicted octanol–water partition coefficient (Wildman–Crippen LogP) is 6.32. The van der Waals surface area contributed by atoms with E-state index in [9.17, 15) is 0 Å². The molecule has 19 heavy (non-hydrogen) atoms. The van der Waals surface area contributed by atoms with E-state index in [0.717, 1.165) is 32.5 Å². The van der Waals surface area contributed by atoms with Crippen molar-refractivity contribution in [2.45, 2.75) is 67.2 Å². The molecule has 0 aromatic carbocycles. The van der Waals surface area contributed by atoms with Crippen LogP contribution in [0.2, 0.25) is 0 Å². The minimum atomic E-state index is 0.896. The Labute approximate surface area is 122 Å². The van der Waals surface area contributed by atoms with Crippen LogP contribution in [-0.2, 0) is 4.74 Å². The highest BCUT2D eigenvalue weighted by Crippen LogP contribution is 2.09. The number of unbranched alkanes of at least 4 members (excludes halogenated alkanes) is 1. The number of allylic oxidation sites excluding steroid dienone is 5. The highest BCUT2D eigenvalue weighted by Gasteiger charge is 1.92. The fourth-order valence-corrected chi connectivity index (χ4v) is 1.30. The highest BCUT2D eigenvalue weighted by atomic mass is 16.5. The van der Waals surface area contributed by atoms with Crippen LogP contribution < -0.4 is 0 Å². The summed E-state index contributed by atoms with van der Waals surface area (Å²) in [6.07, 6.45) is 12.7. The van der Waals surface area contributed by atoms with Crippen molar-refractivity contribution in [2.75, 3.05) is 13.2 Å². The van der Waals surface area contributed by atoms with Crippen LogP contribution in [-0.4, -0.2) is 13.2 Å². The van der Waals surface area contributed by atoms with Crippen molar-refractivity contribution in [1.82, 2.24) is 0 Å². The largest absolute Gasteiger partial charge is 0.381 e. The van der Waals surface area contributed by atoms with Gasteiger partial charge in [-0.25, -0.2) is 0 Å². The Bertz CT molecular complexity index is 202. The van der Waals surface area contributed by atoms with Crippen molar-refractivity contribution in [3.63, 3.8) is 0 Å². The van der Waals surface area contributed by atoms with Crippen molar-refractivity contribution in [3.05, 3.63) is 36.5 Å². The summed E-state index contributed by atoms with van der Waals surface area (Å²) in [6.45, 7) is 17.7. The SMILES string of the molecule is C=C/C=C\C(=C/C)CCCCOCCC.CC.CC. The van der Waals surface area contributed by atoms with E-state index in [4.69, 9.17) is 4.74 Å². The first kappa shape index (κ1) is 23.3. The first-order chi connectivity index (χ1) is 9.35. The van der Waals surface area contributed by atoms with Crippen molar-refractivity contribution in [3.8, 4) is 0 Å². The zero-order chi connectivity index (χ0) is 15.4. The van der Waals surface area contributed by atoms with Gasteiger partial charge in [-0.05, 0) is 32.6 Å². The lowest BCUT2D eigenvalue weighted by Crippen LogP contribution is -1.95. The molecule has 0 unspecified atom stereocenters. The Kier molecular flexibility index (Phi) is 31.7. The molecule has 1 nitrogen and oxygen atoms in total. The molecule has 0 aliphatic rings. The van der Waals surface area contributed by atoms with Gasteiger partial charge < -0.3 is 4.74 Å². The lowest BCUT2D eigenvalue weighted by Gasteiger charge is -2.03. The molecule has 0 rings (SSSR count). The summed E-state index contributed by atoms with van der Waals surface area (Å²) in [4.78, 5) is 0. The van der Waals surface area contributed by atoms with Crippen molar-refractivity contribution < 1.29 is 4.74 Å². The molecule has 0 amide bonds. The third-order valence-electron chi connectivity index (χ3n) is 2.17. The van der Waals surface area contributed by atoms with Crippen molar-refractivity contribution in [2.24, 2.45) is 0 Å². The molecule has 0 bridgehead atoms. The molecule has 0 heterocycles. The molecule has 0 aliphatic heterocycles. The van der Waals surface area contributed by atoms with E-state index in [0.29, 0.717) is 0 Å². The average Bonchev–Trinajstić information content (AvgIpc) is 2.50. The van der Waals surface area contributed by atoms with Crippen LogP contribution in [0.25, 0.3) is 0 Å². The third-order valence-corrected chi connectivity index (χ3v) is 2.17. The minimum Gasteiger partial charge on any atom is -0.381 e. The first-order valence-corrected chi connectivity index (χ1v) is 7.87. The molecule has 0 atom stereocenters. The van der Waals surface area contributed by atoms with Crippen LogP contribution in [0, 0.1) is 0 Å². The molecule has 1 heteroatoms. The van der Waals surface area contributed by atoms with E-state index in [1.165, 1.54) is 12.0 Å². The molecular weight excluding hydrogens is 232 g/mol. The Hall–Kier alpha value is -0.820. The molecule has 0 spiro atoms. The summed E-state index contributed by atoms with van der Waals surface area (Å²) in [5.74, 6) is 0. The molecule has 0 aromatic rings. The van der Waals surface area contributed by atoms with Gasteiger partial charge >= 0.3 is 0 Å². The van der Waals surface area contributed by atoms with Gasteiger partial charge in [0.25, 0.3) is 0 Å². The smallest absolute Gasteiger partial charge is 0.0466 e. The predicted molar refractivity (Wildman–Crippen MR) is 90.8 cm³/mol. The summed E-state index contributed by atoms with van der Waals surface area (Å²) in [5.41, 5.74) is 1.38. The summed E-state index contributed by atoms with van der Waals surface area (Å²) < 4.78 is 5.43. The summed E-state index contributed by atoms with van der Waals surface area (Å²) >= 11 is 0. The Morgan fingerprint density at radius 3 is 2.16 bits per heavy atom. The molecule has 114 valence electrons. The Morgan fingerprint density at radius 2 is 1.68 bits per heavy atom. The highest BCUT2D eigenvalue weighted by molar-refractivity contribution is 5.20. The minimum absolute atomic E-state index is 0.896. The maximum atomic E-state index is 5.43. The fraction of sp³-hybridized carbons (Fsp3) is 0.667. The third kappa shape index (κ3) is 22.8. The van der Waals surface area contributed by atoms with Gasteiger partial charge in [0, 0.05) is 13.2 Å². The van der Waals surface area contributed by atoms with Gasteiger partial charge in [0.05, 0.1) is 0 Å². The second-order valence-electron chi connectivity index (χ2n) is 3.53. The van der Waals surface area contributed by atoms with Crippen LogP contribution in [0.3, 0.4) is 0 Å². The van der Waals surface area contributed by atoms with Crippen molar-refractivity contribution >= 4 is 0 Å². The van der Waals surface area contributed by atoms with Crippen LogP contribution in [0.1, 0.15) is 67.2 Å². The van der Waals surface area contributed by atoms with Gasteiger partial charge in [-0.1, -0.05) is 71.1 Å². The molecular formula is C18H36O. The topological polar surface area (TPSA) is 9.23 Å². The van der Waals surface area contributed by atoms with E-state index in [1.54, 1.807) is 0 Å². The number of ether oxygens (including phenoxy) is 1. The van der Waals surface area contributed by atoms with Gasteiger partial charge in [-0.2, -0.15) is 0 Å². The van der Waals surface area contributed by atoms with Gasteiger partial charge in [0.2, 0.25) is 0 Å². The van der Waals surface area contributed by atoms with Crippen molar-refractivity contribution in [1.29, 1.82) is 0 Å². The number of hydrogen-bond donors (Lipinski definition) is 0. The number of rotatable bonds is 9. The molecule has 0 fully saturated rings. The van der Waals surface area contributed by atoms with Crippen LogP contribution in [0.15, 0.2) is 36.5 Å². The second-order valence-corrected chi connectivity index (χ2v) is 3.53. The van der Waals surface area contributed by atoms with Crippen LogP contribution in [0.4, 0.5) is 0 Å². The summed E-state index contributed by atoms with van der Waals surface area (Å²) in [7, 11) is 0. The fourth-order valence-electron chi connectivity index (χ4n) is 1.30. The molecule has 0 aliphatic carbocycles. The lowest BCUT2D eigenvalue weighted by atomic mass is 10.1. The standard InChI is InChI=1S/C14H24O.2C2H6/c1-4-7-10-14(6-3)11-8-9-13-15-12-5-2;2*1-2/h4,6-7,10H,1,5,8-9,11-13H2,2-3H3;2*1-2H3/b10-7-,14-6+;;. The van der Waals surface area contributed by atoms with Crippen LogP contribution >= 0.6 is 0 Å². The van der Waals surface area contributed by atoms with E-state index in [-0.39, 0.29) is 0 Å². The maximum Gasteiger partial charge on any atom is 0.0466 e. The van der Waals surface area contributed by atoms with E-state index in [1.807, 2.05) is 39.8 Å². The van der Waals surface area contributed by atoms with Gasteiger partial charge in [0.15, 0.2) is 0 Å². The van der Waals surface area contributed by atoms with Gasteiger partial charge in [-0.15, -0.1) is 0 Å². The second kappa shape index (κ2) is 25.9. The molecule has 0 saturated heterocycles. The zero-order valence-electron chi connectivity index (χ0n) is 14.2. The number of hydrogen-bond acceptors (Lipinski definition) is 1.